The number of pyridine rings is 2. The van der Waals surface area contributed by atoms with Crippen molar-refractivity contribution < 1.29 is 8.78 Å². The fraction of sp³-hybridized carbons (Fsp3) is 0.250. The average molecular weight is 448 g/mol. The molecule has 0 radical (unpaired) electrons. The predicted octanol–water partition coefficient (Wildman–Crippen LogP) is 4.10. The summed E-state index contributed by atoms with van der Waals surface area (Å²) in [7, 11) is 0. The molecule has 3 aromatic heterocycles. The number of rotatable bonds is 4. The molecule has 0 amide bonds. The molecule has 4 aromatic rings. The molecule has 1 aliphatic rings. The van der Waals surface area contributed by atoms with Crippen molar-refractivity contribution in [2.75, 3.05) is 11.9 Å². The highest BCUT2D eigenvalue weighted by Gasteiger charge is 2.17. The van der Waals surface area contributed by atoms with Crippen LogP contribution in [0.3, 0.4) is 0 Å². The third-order valence-corrected chi connectivity index (χ3v) is 5.72. The van der Waals surface area contributed by atoms with Crippen molar-refractivity contribution in [1.82, 2.24) is 24.8 Å². The van der Waals surface area contributed by atoms with E-state index in [1.807, 2.05) is 26.0 Å². The van der Waals surface area contributed by atoms with Gasteiger partial charge in [-0.05, 0) is 37.6 Å². The largest absolute Gasteiger partial charge is 0.345 e. The smallest absolute Gasteiger partial charge is 0.229 e. The molecular weight excluding hydrogens is 426 g/mol. The molecule has 0 fully saturated rings. The van der Waals surface area contributed by atoms with E-state index in [-0.39, 0.29) is 28.6 Å². The van der Waals surface area contributed by atoms with Gasteiger partial charge >= 0.3 is 0 Å². The number of nitrogens with one attached hydrogen (secondary N) is 2. The molecule has 0 spiro atoms. The summed E-state index contributed by atoms with van der Waals surface area (Å²) in [6.07, 6.45) is 3.46. The van der Waals surface area contributed by atoms with E-state index >= 15 is 0 Å². The van der Waals surface area contributed by atoms with Gasteiger partial charge in [-0.3, -0.25) is 4.79 Å². The fourth-order valence-corrected chi connectivity index (χ4v) is 4.09. The summed E-state index contributed by atoms with van der Waals surface area (Å²) in [6, 6.07) is 7.81. The Morgan fingerprint density at radius 3 is 2.79 bits per heavy atom. The van der Waals surface area contributed by atoms with Gasteiger partial charge in [-0.1, -0.05) is 6.07 Å². The molecular formula is C24H22F2N6O. The van der Waals surface area contributed by atoms with Crippen molar-refractivity contribution in [2.45, 2.75) is 32.9 Å². The van der Waals surface area contributed by atoms with Crippen LogP contribution in [0.5, 0.6) is 0 Å². The molecule has 0 bridgehead atoms. The summed E-state index contributed by atoms with van der Waals surface area (Å²) in [5.74, 6) is -0.729. The van der Waals surface area contributed by atoms with E-state index < -0.39 is 17.1 Å². The van der Waals surface area contributed by atoms with Crippen molar-refractivity contribution in [3.8, 4) is 11.3 Å². The minimum atomic E-state index is -0.722. The van der Waals surface area contributed by atoms with Crippen LogP contribution in [0.4, 0.5) is 20.5 Å². The van der Waals surface area contributed by atoms with Gasteiger partial charge in [-0.15, -0.1) is 0 Å². The molecule has 1 aliphatic heterocycles. The Kier molecular flexibility index (Phi) is 5.33. The van der Waals surface area contributed by atoms with E-state index in [1.54, 1.807) is 16.8 Å². The maximum Gasteiger partial charge on any atom is 0.229 e. The highest BCUT2D eigenvalue weighted by Crippen LogP contribution is 2.28. The zero-order chi connectivity index (χ0) is 23.1. The monoisotopic (exact) mass is 448 g/mol. The quantitative estimate of drug-likeness (QED) is 0.489. The molecule has 7 nitrogen and oxygen atoms in total. The number of hydrogen-bond acceptors (Lipinski definition) is 6. The van der Waals surface area contributed by atoms with E-state index in [0.29, 0.717) is 11.3 Å². The maximum absolute atomic E-state index is 15.0. The summed E-state index contributed by atoms with van der Waals surface area (Å²) in [5.41, 5.74) is 2.23. The summed E-state index contributed by atoms with van der Waals surface area (Å²) < 4.78 is 31.5. The lowest BCUT2D eigenvalue weighted by Crippen LogP contribution is -2.24. The molecule has 0 atom stereocenters. The average Bonchev–Trinajstić information content (AvgIpc) is 2.80. The molecule has 9 heteroatoms. The molecule has 1 aromatic carbocycles. The van der Waals surface area contributed by atoms with Gasteiger partial charge in [-0.25, -0.2) is 23.7 Å². The Morgan fingerprint density at radius 1 is 1.12 bits per heavy atom. The minimum Gasteiger partial charge on any atom is -0.345 e. The summed E-state index contributed by atoms with van der Waals surface area (Å²) in [6.45, 7) is 5.47. The van der Waals surface area contributed by atoms with Gasteiger partial charge in [0.05, 0.1) is 17.1 Å². The first-order valence-corrected chi connectivity index (χ1v) is 10.7. The van der Waals surface area contributed by atoms with Crippen LogP contribution in [0.1, 0.15) is 31.1 Å². The van der Waals surface area contributed by atoms with E-state index in [2.05, 4.69) is 25.6 Å². The SMILES string of the molecule is CC(C)n1ccc(=O)c2c(F)cc(-c3nc(Nc4ccc5c(n4)CCNC5)ncc3F)cc21. The lowest BCUT2D eigenvalue weighted by Gasteiger charge is -2.17. The molecule has 0 saturated heterocycles. The number of aromatic nitrogens is 4. The van der Waals surface area contributed by atoms with Crippen molar-refractivity contribution >= 4 is 22.7 Å². The Hall–Kier alpha value is -3.72. The van der Waals surface area contributed by atoms with Gasteiger partial charge in [0.15, 0.2) is 11.2 Å². The first kappa shape index (κ1) is 21.1. The number of anilines is 2. The topological polar surface area (TPSA) is 84.7 Å². The molecule has 4 heterocycles. The summed E-state index contributed by atoms with van der Waals surface area (Å²) in [5, 5.41) is 6.28. The Balaban J connectivity index is 1.57. The van der Waals surface area contributed by atoms with Crippen LogP contribution in [0.15, 0.2) is 47.5 Å². The number of fused-ring (bicyclic) bond motifs is 2. The second kappa shape index (κ2) is 8.32. The molecule has 0 aliphatic carbocycles. The highest BCUT2D eigenvalue weighted by molar-refractivity contribution is 5.85. The minimum absolute atomic E-state index is 0.0273. The van der Waals surface area contributed by atoms with Gasteiger partial charge in [-0.2, -0.15) is 0 Å². The van der Waals surface area contributed by atoms with Crippen molar-refractivity contribution in [3.05, 3.63) is 75.8 Å². The van der Waals surface area contributed by atoms with Crippen LogP contribution < -0.4 is 16.1 Å². The lowest BCUT2D eigenvalue weighted by atomic mass is 10.1. The van der Waals surface area contributed by atoms with Crippen molar-refractivity contribution in [2.24, 2.45) is 0 Å². The van der Waals surface area contributed by atoms with Gasteiger partial charge in [0, 0.05) is 49.1 Å². The van der Waals surface area contributed by atoms with Crippen LogP contribution in [0, 0.1) is 11.6 Å². The molecule has 0 saturated carbocycles. The molecule has 168 valence electrons. The maximum atomic E-state index is 15.0. The second-order valence-corrected chi connectivity index (χ2v) is 8.28. The fourth-order valence-electron chi connectivity index (χ4n) is 4.09. The van der Waals surface area contributed by atoms with Crippen LogP contribution in [0.2, 0.25) is 0 Å². The molecule has 0 unspecified atom stereocenters. The third kappa shape index (κ3) is 3.95. The zero-order valence-corrected chi connectivity index (χ0v) is 18.2. The number of nitrogens with zero attached hydrogens (tertiary/aromatic N) is 4. The first-order valence-electron chi connectivity index (χ1n) is 10.7. The van der Waals surface area contributed by atoms with E-state index in [4.69, 9.17) is 0 Å². The summed E-state index contributed by atoms with van der Waals surface area (Å²) >= 11 is 0. The highest BCUT2D eigenvalue weighted by atomic mass is 19.1. The second-order valence-electron chi connectivity index (χ2n) is 8.28. The zero-order valence-electron chi connectivity index (χ0n) is 18.2. The van der Waals surface area contributed by atoms with Crippen molar-refractivity contribution in [3.63, 3.8) is 0 Å². The van der Waals surface area contributed by atoms with E-state index in [1.165, 1.54) is 6.07 Å². The van der Waals surface area contributed by atoms with E-state index in [9.17, 15) is 13.6 Å². The number of hydrogen-bond donors (Lipinski definition) is 2. The number of halogens is 2. The van der Waals surface area contributed by atoms with E-state index in [0.717, 1.165) is 43.0 Å². The van der Waals surface area contributed by atoms with Gasteiger partial charge < -0.3 is 15.2 Å². The Labute approximate surface area is 188 Å². The summed E-state index contributed by atoms with van der Waals surface area (Å²) in [4.78, 5) is 25.2. The van der Waals surface area contributed by atoms with Gasteiger partial charge in [0.25, 0.3) is 0 Å². The van der Waals surface area contributed by atoms with Gasteiger partial charge in [0.2, 0.25) is 5.95 Å². The predicted molar refractivity (Wildman–Crippen MR) is 122 cm³/mol. The van der Waals surface area contributed by atoms with Crippen LogP contribution in [-0.2, 0) is 13.0 Å². The van der Waals surface area contributed by atoms with Crippen LogP contribution in [-0.4, -0.2) is 26.1 Å². The first-order chi connectivity index (χ1) is 15.9. The van der Waals surface area contributed by atoms with Gasteiger partial charge in [0.1, 0.15) is 17.3 Å². The molecule has 5 rings (SSSR count). The standard InChI is InChI=1S/C24H22F2N6O/c1-13(2)32-8-6-20(33)22-16(25)9-15(10-19(22)32)23-17(26)12-28-24(31-23)30-21-4-3-14-11-27-7-5-18(14)29-21/h3-4,6,8-10,12-13,27H,5,7,11H2,1-2H3,(H,28,29,30,31). The normalized spacial score (nSPS) is 13.4. The number of benzene rings is 1. The molecule has 2 N–H and O–H groups in total. The van der Waals surface area contributed by atoms with Crippen LogP contribution in [0.25, 0.3) is 22.2 Å². The lowest BCUT2D eigenvalue weighted by molar-refractivity contribution is 0.609. The molecule has 33 heavy (non-hydrogen) atoms. The van der Waals surface area contributed by atoms with Crippen LogP contribution >= 0.6 is 0 Å². The third-order valence-electron chi connectivity index (χ3n) is 5.72. The Morgan fingerprint density at radius 2 is 1.97 bits per heavy atom. The Bertz CT molecular complexity index is 1430. The van der Waals surface area contributed by atoms with Crippen molar-refractivity contribution in [1.29, 1.82) is 0 Å².